The maximum Gasteiger partial charge on any atom is 0.408 e. The van der Waals surface area contributed by atoms with E-state index in [0.717, 1.165) is 18.0 Å². The fourth-order valence-electron chi connectivity index (χ4n) is 2.00. The zero-order valence-electron chi connectivity index (χ0n) is 11.8. The Hall–Kier alpha value is -2.03. The van der Waals surface area contributed by atoms with Crippen LogP contribution in [0.1, 0.15) is 11.1 Å². The van der Waals surface area contributed by atoms with Crippen molar-refractivity contribution in [3.8, 4) is 0 Å². The van der Waals surface area contributed by atoms with Gasteiger partial charge < -0.3 is 0 Å². The van der Waals surface area contributed by atoms with Gasteiger partial charge in [-0.25, -0.2) is 8.42 Å². The molecule has 0 aliphatic heterocycles. The van der Waals surface area contributed by atoms with Gasteiger partial charge in [0, 0.05) is 6.20 Å². The third kappa shape index (κ3) is 4.00. The Morgan fingerprint density at radius 2 is 1.95 bits per heavy atom. The molecule has 0 saturated carbocycles. The van der Waals surface area contributed by atoms with Gasteiger partial charge in [0.1, 0.15) is 6.54 Å². The number of nitrogens with zero attached hydrogens (tertiary/aromatic N) is 2. The van der Waals surface area contributed by atoms with Crippen LogP contribution in [0.15, 0.2) is 35.5 Å². The van der Waals surface area contributed by atoms with Crippen molar-refractivity contribution < 1.29 is 21.6 Å². The van der Waals surface area contributed by atoms with Crippen molar-refractivity contribution in [2.45, 2.75) is 31.5 Å². The Bertz CT molecular complexity index is 782. The minimum absolute atomic E-state index is 0.0239. The lowest BCUT2D eigenvalue weighted by atomic mass is 10.2. The number of sulfonamides is 1. The Morgan fingerprint density at radius 3 is 2.55 bits per heavy atom. The summed E-state index contributed by atoms with van der Waals surface area (Å²) < 4.78 is 64.1. The quantitative estimate of drug-likeness (QED) is 0.936. The molecule has 120 valence electrons. The summed E-state index contributed by atoms with van der Waals surface area (Å²) in [5.41, 5.74) is 1.44. The third-order valence-electron chi connectivity index (χ3n) is 2.85. The number of hydrogen-bond donors (Lipinski definition) is 1. The maximum atomic E-state index is 12.3. The lowest BCUT2D eigenvalue weighted by molar-refractivity contribution is -0.142. The van der Waals surface area contributed by atoms with Gasteiger partial charge in [-0.1, -0.05) is 17.7 Å². The van der Waals surface area contributed by atoms with Crippen LogP contribution in [0.4, 0.5) is 18.9 Å². The first-order valence-electron chi connectivity index (χ1n) is 6.26. The normalized spacial score (nSPS) is 12.4. The molecule has 0 amide bonds. The molecule has 0 aliphatic carbocycles. The van der Waals surface area contributed by atoms with E-state index in [9.17, 15) is 21.6 Å². The second-order valence-corrected chi connectivity index (χ2v) is 6.57. The topological polar surface area (TPSA) is 64.0 Å². The Balaban J connectivity index is 2.22. The number of nitrogens with one attached hydrogen (secondary N) is 1. The number of aromatic nitrogens is 2. The van der Waals surface area contributed by atoms with E-state index in [0.29, 0.717) is 10.2 Å². The summed E-state index contributed by atoms with van der Waals surface area (Å²) in [5, 5.41) is 3.49. The Kier molecular flexibility index (Phi) is 4.19. The summed E-state index contributed by atoms with van der Waals surface area (Å²) in [4.78, 5) is 0.0710. The van der Waals surface area contributed by atoms with Crippen LogP contribution in [0.3, 0.4) is 0 Å². The van der Waals surface area contributed by atoms with Crippen molar-refractivity contribution in [1.29, 1.82) is 0 Å². The lowest BCUT2D eigenvalue weighted by Gasteiger charge is -2.09. The largest absolute Gasteiger partial charge is 0.408 e. The zero-order valence-corrected chi connectivity index (χ0v) is 12.7. The molecule has 0 radical (unpaired) electrons. The van der Waals surface area contributed by atoms with E-state index in [4.69, 9.17) is 0 Å². The van der Waals surface area contributed by atoms with Crippen LogP contribution in [0, 0.1) is 13.8 Å². The third-order valence-corrected chi connectivity index (χ3v) is 4.39. The highest BCUT2D eigenvalue weighted by molar-refractivity contribution is 7.92. The monoisotopic (exact) mass is 333 g/mol. The van der Waals surface area contributed by atoms with Crippen LogP contribution in [-0.4, -0.2) is 24.4 Å². The van der Waals surface area contributed by atoms with Gasteiger partial charge in [0.25, 0.3) is 10.0 Å². The zero-order chi connectivity index (χ0) is 16.5. The lowest BCUT2D eigenvalue weighted by Crippen LogP contribution is -2.18. The first-order chi connectivity index (χ1) is 10.1. The molecule has 2 rings (SSSR count). The molecule has 22 heavy (non-hydrogen) atoms. The van der Waals surface area contributed by atoms with Gasteiger partial charge in [0.2, 0.25) is 0 Å². The van der Waals surface area contributed by atoms with Crippen LogP contribution in [-0.2, 0) is 16.6 Å². The van der Waals surface area contributed by atoms with Crippen LogP contribution >= 0.6 is 0 Å². The van der Waals surface area contributed by atoms with Crippen LogP contribution in [0.2, 0.25) is 0 Å². The summed E-state index contributed by atoms with van der Waals surface area (Å²) in [7, 11) is -3.88. The van der Waals surface area contributed by atoms with Crippen molar-refractivity contribution in [3.05, 3.63) is 41.7 Å². The summed E-state index contributed by atoms with van der Waals surface area (Å²) in [6.45, 7) is 2.20. The molecule has 0 aliphatic rings. The van der Waals surface area contributed by atoms with E-state index < -0.39 is 22.7 Å². The minimum atomic E-state index is -4.42. The molecule has 0 saturated heterocycles. The van der Waals surface area contributed by atoms with E-state index in [1.165, 1.54) is 6.07 Å². The second-order valence-electron chi connectivity index (χ2n) is 4.92. The number of halogens is 3. The standard InChI is InChI=1S/C13H14F3N3O2S/c1-9-3-4-12(10(2)5-9)22(20,21)18-11-6-17-19(7-11)8-13(14,15)16/h3-7,18H,8H2,1-2H3. The van der Waals surface area contributed by atoms with Gasteiger partial charge in [-0.3, -0.25) is 9.40 Å². The average molecular weight is 333 g/mol. The molecule has 9 heteroatoms. The van der Waals surface area contributed by atoms with Crippen molar-refractivity contribution in [2.75, 3.05) is 4.72 Å². The number of aryl methyl sites for hydroxylation is 2. The molecule has 0 spiro atoms. The van der Waals surface area contributed by atoms with Crippen LogP contribution < -0.4 is 4.72 Å². The van der Waals surface area contributed by atoms with Crippen molar-refractivity contribution in [2.24, 2.45) is 0 Å². The van der Waals surface area contributed by atoms with Crippen molar-refractivity contribution in [3.63, 3.8) is 0 Å². The van der Waals surface area contributed by atoms with Gasteiger partial charge in [0.15, 0.2) is 0 Å². The highest BCUT2D eigenvalue weighted by atomic mass is 32.2. The molecule has 0 atom stereocenters. The summed E-state index contributed by atoms with van der Waals surface area (Å²) in [6.07, 6.45) is -2.39. The van der Waals surface area contributed by atoms with E-state index in [-0.39, 0.29) is 10.6 Å². The maximum absolute atomic E-state index is 12.3. The van der Waals surface area contributed by atoms with Gasteiger partial charge in [-0.15, -0.1) is 0 Å². The Morgan fingerprint density at radius 1 is 1.27 bits per heavy atom. The molecular formula is C13H14F3N3O2S. The van der Waals surface area contributed by atoms with Crippen LogP contribution in [0.5, 0.6) is 0 Å². The van der Waals surface area contributed by atoms with E-state index in [1.54, 1.807) is 19.1 Å². The van der Waals surface area contributed by atoms with E-state index in [1.807, 2.05) is 6.92 Å². The van der Waals surface area contributed by atoms with E-state index >= 15 is 0 Å². The molecule has 5 nitrogen and oxygen atoms in total. The summed E-state index contributed by atoms with van der Waals surface area (Å²) >= 11 is 0. The van der Waals surface area contributed by atoms with Gasteiger partial charge in [-0.2, -0.15) is 18.3 Å². The number of rotatable bonds is 4. The predicted octanol–water partition coefficient (Wildman–Crippen LogP) is 2.86. The smallest absolute Gasteiger partial charge is 0.276 e. The fourth-order valence-corrected chi connectivity index (χ4v) is 3.25. The van der Waals surface area contributed by atoms with E-state index in [2.05, 4.69) is 9.82 Å². The molecule has 2 aromatic rings. The van der Waals surface area contributed by atoms with Gasteiger partial charge in [0.05, 0.1) is 16.8 Å². The fraction of sp³-hybridized carbons (Fsp3) is 0.308. The Labute approximate surface area is 125 Å². The molecule has 1 aromatic heterocycles. The van der Waals surface area contributed by atoms with Crippen molar-refractivity contribution in [1.82, 2.24) is 9.78 Å². The average Bonchev–Trinajstić information content (AvgIpc) is 2.72. The molecular weight excluding hydrogens is 319 g/mol. The van der Waals surface area contributed by atoms with Gasteiger partial charge in [-0.05, 0) is 25.5 Å². The van der Waals surface area contributed by atoms with Crippen molar-refractivity contribution >= 4 is 15.7 Å². The first-order valence-corrected chi connectivity index (χ1v) is 7.74. The first kappa shape index (κ1) is 16.3. The highest BCUT2D eigenvalue weighted by Gasteiger charge is 2.28. The molecule has 0 fully saturated rings. The molecule has 1 N–H and O–H groups in total. The molecule has 1 heterocycles. The summed E-state index contributed by atoms with van der Waals surface area (Å²) in [5.74, 6) is 0. The SMILES string of the molecule is Cc1ccc(S(=O)(=O)Nc2cnn(CC(F)(F)F)c2)c(C)c1. The number of hydrogen-bond acceptors (Lipinski definition) is 3. The highest BCUT2D eigenvalue weighted by Crippen LogP contribution is 2.21. The molecule has 0 bridgehead atoms. The number of benzene rings is 1. The predicted molar refractivity (Wildman–Crippen MR) is 75.0 cm³/mol. The number of alkyl halides is 3. The van der Waals surface area contributed by atoms with Crippen LogP contribution in [0.25, 0.3) is 0 Å². The number of anilines is 1. The van der Waals surface area contributed by atoms with Gasteiger partial charge >= 0.3 is 6.18 Å². The summed E-state index contributed by atoms with van der Waals surface area (Å²) in [6, 6.07) is 4.81. The minimum Gasteiger partial charge on any atom is -0.276 e. The molecule has 1 aromatic carbocycles. The second kappa shape index (κ2) is 5.64. The molecule has 0 unspecified atom stereocenters.